The third-order valence-corrected chi connectivity index (χ3v) is 7.45. The van der Waals surface area contributed by atoms with Gasteiger partial charge in [-0.2, -0.15) is 0 Å². The molecule has 0 saturated heterocycles. The predicted molar refractivity (Wildman–Crippen MR) is 158 cm³/mol. The fraction of sp³-hybridized carbons (Fsp3) is 0.265. The molecule has 0 amide bonds. The molecule has 208 valence electrons. The highest BCUT2D eigenvalue weighted by molar-refractivity contribution is 5.94. The molecule has 6 rings (SSSR count). The number of aromatic nitrogens is 3. The molecule has 1 aliphatic carbocycles. The van der Waals surface area contributed by atoms with Gasteiger partial charge in [0.1, 0.15) is 29.7 Å². The van der Waals surface area contributed by atoms with E-state index in [1.807, 2.05) is 85.8 Å². The number of esters is 1. The van der Waals surface area contributed by atoms with E-state index in [1.165, 1.54) is 19.3 Å². The summed E-state index contributed by atoms with van der Waals surface area (Å²) in [5.74, 6) is 2.75. The molecule has 1 fully saturated rings. The number of benzene rings is 3. The van der Waals surface area contributed by atoms with Crippen LogP contribution >= 0.6 is 0 Å². The maximum atomic E-state index is 12.4. The number of carbonyl (C=O) groups excluding carboxylic acids is 1. The smallest absolute Gasteiger partial charge is 0.338 e. The highest BCUT2D eigenvalue weighted by Crippen LogP contribution is 2.37. The van der Waals surface area contributed by atoms with Gasteiger partial charge >= 0.3 is 5.97 Å². The van der Waals surface area contributed by atoms with Crippen molar-refractivity contribution in [3.05, 3.63) is 102 Å². The molecule has 0 atom stereocenters. The van der Waals surface area contributed by atoms with Crippen LogP contribution in [-0.2, 0) is 11.3 Å². The minimum atomic E-state index is -0.323. The van der Waals surface area contributed by atoms with Gasteiger partial charge in [-0.15, -0.1) is 0 Å². The van der Waals surface area contributed by atoms with Gasteiger partial charge in [-0.3, -0.25) is 4.98 Å². The van der Waals surface area contributed by atoms with Crippen LogP contribution < -0.4 is 9.47 Å². The largest absolute Gasteiger partial charge is 0.489 e. The van der Waals surface area contributed by atoms with E-state index in [0.717, 1.165) is 52.3 Å². The summed E-state index contributed by atoms with van der Waals surface area (Å²) in [6, 6.07) is 25.6. The third kappa shape index (κ3) is 6.09. The molecule has 0 unspecified atom stereocenters. The molecule has 0 radical (unpaired) electrons. The highest BCUT2D eigenvalue weighted by atomic mass is 16.5. The molecule has 0 spiro atoms. The number of fused-ring (bicyclic) bond motifs is 1. The van der Waals surface area contributed by atoms with Gasteiger partial charge in [0.2, 0.25) is 0 Å². The van der Waals surface area contributed by atoms with Crippen LogP contribution in [0, 0.1) is 0 Å². The highest BCUT2D eigenvalue weighted by Gasteiger charge is 2.23. The minimum Gasteiger partial charge on any atom is -0.489 e. The van der Waals surface area contributed by atoms with E-state index in [2.05, 4.69) is 9.55 Å². The predicted octanol–water partition coefficient (Wildman–Crippen LogP) is 8.15. The second-order valence-electron chi connectivity index (χ2n) is 10.3. The summed E-state index contributed by atoms with van der Waals surface area (Å²) in [6.45, 7) is 2.62. The molecule has 1 aliphatic rings. The lowest BCUT2D eigenvalue weighted by molar-refractivity contribution is 0.0526. The number of ether oxygens (including phenoxy) is 3. The number of pyridine rings is 1. The maximum absolute atomic E-state index is 12.4. The Hall–Kier alpha value is -4.65. The molecule has 3 aromatic carbocycles. The van der Waals surface area contributed by atoms with Crippen molar-refractivity contribution in [1.82, 2.24) is 14.5 Å². The lowest BCUT2D eigenvalue weighted by Gasteiger charge is -2.25. The summed E-state index contributed by atoms with van der Waals surface area (Å²) in [5.41, 5.74) is 4.43. The number of carbonyl (C=O) groups is 1. The molecular weight excluding hydrogens is 514 g/mol. The Balaban J connectivity index is 1.24. The fourth-order valence-electron chi connectivity index (χ4n) is 5.43. The summed E-state index contributed by atoms with van der Waals surface area (Å²) in [4.78, 5) is 21.5. The van der Waals surface area contributed by atoms with E-state index in [-0.39, 0.29) is 5.97 Å². The van der Waals surface area contributed by atoms with Crippen molar-refractivity contribution in [3.63, 3.8) is 0 Å². The standard InChI is InChI=1S/C34H33N3O4/c1-2-39-34(38)26-13-16-32-31(21-26)36-33(37(32)27-7-4-3-5-8-27)25-11-14-28(15-12-25)41-30-10-6-9-29(22-30)40-23-24-17-19-35-20-18-24/h6,9-22,27H,2-5,7-8,23H2,1H3. The first-order valence-electron chi connectivity index (χ1n) is 14.3. The Morgan fingerprint density at radius 2 is 1.66 bits per heavy atom. The quantitative estimate of drug-likeness (QED) is 0.173. The van der Waals surface area contributed by atoms with E-state index in [9.17, 15) is 4.79 Å². The molecule has 5 aromatic rings. The van der Waals surface area contributed by atoms with Crippen LogP contribution in [0.3, 0.4) is 0 Å². The molecule has 41 heavy (non-hydrogen) atoms. The lowest BCUT2D eigenvalue weighted by Crippen LogP contribution is -2.14. The van der Waals surface area contributed by atoms with E-state index in [1.54, 1.807) is 12.4 Å². The molecule has 1 saturated carbocycles. The Bertz CT molecular complexity index is 1620. The van der Waals surface area contributed by atoms with E-state index < -0.39 is 0 Å². The molecule has 7 heteroatoms. The summed E-state index contributed by atoms with van der Waals surface area (Å²) in [5, 5.41) is 0. The van der Waals surface area contributed by atoms with Gasteiger partial charge in [0.25, 0.3) is 0 Å². The first-order valence-corrected chi connectivity index (χ1v) is 14.3. The minimum absolute atomic E-state index is 0.323. The fourth-order valence-corrected chi connectivity index (χ4v) is 5.43. The zero-order valence-electron chi connectivity index (χ0n) is 23.2. The van der Waals surface area contributed by atoms with Crippen molar-refractivity contribution < 1.29 is 19.0 Å². The molecule has 2 heterocycles. The van der Waals surface area contributed by atoms with Crippen molar-refractivity contribution in [2.75, 3.05) is 6.61 Å². The monoisotopic (exact) mass is 547 g/mol. The maximum Gasteiger partial charge on any atom is 0.338 e. The van der Waals surface area contributed by atoms with E-state index in [0.29, 0.717) is 30.6 Å². The van der Waals surface area contributed by atoms with Crippen molar-refractivity contribution in [2.45, 2.75) is 51.7 Å². The van der Waals surface area contributed by atoms with Crippen molar-refractivity contribution in [2.24, 2.45) is 0 Å². The average Bonchev–Trinajstić information content (AvgIpc) is 3.40. The van der Waals surface area contributed by atoms with Gasteiger partial charge in [0, 0.05) is 30.1 Å². The van der Waals surface area contributed by atoms with Crippen molar-refractivity contribution >= 4 is 17.0 Å². The summed E-state index contributed by atoms with van der Waals surface area (Å²) in [7, 11) is 0. The Morgan fingerprint density at radius 3 is 2.44 bits per heavy atom. The number of nitrogens with zero attached hydrogens (tertiary/aromatic N) is 3. The molecule has 0 aliphatic heterocycles. The second-order valence-corrected chi connectivity index (χ2v) is 10.3. The van der Waals surface area contributed by atoms with Gasteiger partial charge in [0.15, 0.2) is 0 Å². The van der Waals surface area contributed by atoms with Crippen LogP contribution in [0.25, 0.3) is 22.4 Å². The zero-order valence-corrected chi connectivity index (χ0v) is 23.2. The van der Waals surface area contributed by atoms with Crippen LogP contribution in [0.5, 0.6) is 17.2 Å². The zero-order chi connectivity index (χ0) is 28.0. The van der Waals surface area contributed by atoms with E-state index >= 15 is 0 Å². The molecular formula is C34H33N3O4. The van der Waals surface area contributed by atoms with Gasteiger partial charge in [0.05, 0.1) is 23.2 Å². The summed E-state index contributed by atoms with van der Waals surface area (Å²) in [6.07, 6.45) is 9.45. The summed E-state index contributed by atoms with van der Waals surface area (Å²) < 4.78 is 19.7. The van der Waals surface area contributed by atoms with Crippen molar-refractivity contribution in [1.29, 1.82) is 0 Å². The first kappa shape index (κ1) is 26.6. The number of imidazole rings is 1. The van der Waals surface area contributed by atoms with Crippen LogP contribution in [0.4, 0.5) is 0 Å². The molecule has 2 aromatic heterocycles. The van der Waals surface area contributed by atoms with E-state index in [4.69, 9.17) is 19.2 Å². The first-order chi connectivity index (χ1) is 20.2. The van der Waals surface area contributed by atoms with Gasteiger partial charge < -0.3 is 18.8 Å². The Kier molecular flexibility index (Phi) is 7.94. The van der Waals surface area contributed by atoms with Crippen molar-refractivity contribution in [3.8, 4) is 28.6 Å². The van der Waals surface area contributed by atoms with Gasteiger partial charge in [-0.25, -0.2) is 9.78 Å². The molecule has 0 bridgehead atoms. The third-order valence-electron chi connectivity index (χ3n) is 7.45. The normalized spacial score (nSPS) is 13.7. The number of hydrogen-bond donors (Lipinski definition) is 0. The number of rotatable bonds is 9. The topological polar surface area (TPSA) is 75.5 Å². The SMILES string of the molecule is CCOC(=O)c1ccc2c(c1)nc(-c1ccc(Oc3cccc(OCc4ccncc4)c3)cc1)n2C1CCCCC1. The summed E-state index contributed by atoms with van der Waals surface area (Å²) >= 11 is 0. The van der Waals surface area contributed by atoms with Crippen LogP contribution in [0.2, 0.25) is 0 Å². The average molecular weight is 548 g/mol. The van der Waals surface area contributed by atoms with Gasteiger partial charge in [-0.1, -0.05) is 25.3 Å². The van der Waals surface area contributed by atoms with Crippen LogP contribution in [0.1, 0.15) is 61.0 Å². The molecule has 0 N–H and O–H groups in total. The lowest BCUT2D eigenvalue weighted by atomic mass is 9.95. The molecule has 7 nitrogen and oxygen atoms in total. The van der Waals surface area contributed by atoms with Crippen LogP contribution in [-0.4, -0.2) is 27.1 Å². The Labute approximate surface area is 239 Å². The number of hydrogen-bond acceptors (Lipinski definition) is 6. The Morgan fingerprint density at radius 1 is 0.878 bits per heavy atom. The van der Waals surface area contributed by atoms with Crippen LogP contribution in [0.15, 0.2) is 91.3 Å². The second kappa shape index (κ2) is 12.3. The van der Waals surface area contributed by atoms with Gasteiger partial charge in [-0.05, 0) is 92.1 Å².